The van der Waals surface area contributed by atoms with Crippen molar-refractivity contribution in [2.75, 3.05) is 23.1 Å². The van der Waals surface area contributed by atoms with E-state index in [9.17, 15) is 10.1 Å². The highest BCUT2D eigenvalue weighted by atomic mass is 16.5. The van der Waals surface area contributed by atoms with Crippen molar-refractivity contribution < 1.29 is 9.53 Å². The highest BCUT2D eigenvalue weighted by molar-refractivity contribution is 5.99. The van der Waals surface area contributed by atoms with Crippen LogP contribution in [-0.4, -0.2) is 30.0 Å². The Morgan fingerprint density at radius 2 is 2.10 bits per heavy atom. The molecule has 4 N–H and O–H groups in total. The van der Waals surface area contributed by atoms with Crippen molar-refractivity contribution in [3.8, 4) is 11.9 Å². The molecular weight excluding hydrogens is 382 g/mol. The van der Waals surface area contributed by atoms with E-state index in [1.165, 1.54) is 12.3 Å². The summed E-state index contributed by atoms with van der Waals surface area (Å²) >= 11 is 0. The summed E-state index contributed by atoms with van der Waals surface area (Å²) < 4.78 is 5.07. The largest absolute Gasteiger partial charge is 0.481 e. The molecule has 0 saturated heterocycles. The van der Waals surface area contributed by atoms with E-state index in [0.717, 1.165) is 5.69 Å². The zero-order chi connectivity index (χ0) is 21.6. The minimum Gasteiger partial charge on any atom is -0.481 e. The highest BCUT2D eigenvalue weighted by Gasteiger charge is 2.28. The fourth-order valence-corrected chi connectivity index (χ4v) is 2.72. The zero-order valence-corrected chi connectivity index (χ0v) is 16.6. The van der Waals surface area contributed by atoms with Crippen LogP contribution in [0.4, 0.5) is 17.1 Å². The van der Waals surface area contributed by atoms with E-state index in [0.29, 0.717) is 28.6 Å². The van der Waals surface area contributed by atoms with Gasteiger partial charge in [-0.2, -0.15) is 5.26 Å². The van der Waals surface area contributed by atoms with Crippen LogP contribution in [0, 0.1) is 11.3 Å². The molecule has 9 nitrogen and oxygen atoms in total. The van der Waals surface area contributed by atoms with Gasteiger partial charge in [-0.15, -0.1) is 0 Å². The Hall–Kier alpha value is -4.32. The molecule has 1 aliphatic rings. The maximum absolute atomic E-state index is 11.5. The fraction of sp³-hybridized carbons (Fsp3) is 0.143. The van der Waals surface area contributed by atoms with Gasteiger partial charge in [0.15, 0.2) is 0 Å². The van der Waals surface area contributed by atoms with Crippen LogP contribution in [0.25, 0.3) is 0 Å². The van der Waals surface area contributed by atoms with Gasteiger partial charge in [0.25, 0.3) is 0 Å². The Labute approximate surface area is 174 Å². The van der Waals surface area contributed by atoms with Gasteiger partial charge in [0.05, 0.1) is 19.0 Å². The molecule has 1 atom stereocenters. The number of nitrogens with one attached hydrogen (secondary N) is 4. The van der Waals surface area contributed by atoms with Gasteiger partial charge >= 0.3 is 0 Å². The fourth-order valence-electron chi connectivity index (χ4n) is 2.72. The number of amides is 1. The molecule has 1 unspecified atom stereocenters. The van der Waals surface area contributed by atoms with E-state index in [1.54, 1.807) is 37.6 Å². The van der Waals surface area contributed by atoms with Crippen LogP contribution >= 0.6 is 0 Å². The third-order valence-electron chi connectivity index (χ3n) is 4.13. The number of rotatable bonds is 7. The number of pyridine rings is 1. The first-order chi connectivity index (χ1) is 14.4. The molecule has 2 heterocycles. The second kappa shape index (κ2) is 8.79. The number of ether oxygens (including phenoxy) is 1. The molecule has 152 valence electrons. The number of hydrogen-bond acceptors (Lipinski definition) is 8. The molecule has 1 aromatic carbocycles. The number of carbonyl (C=O) groups excluding carboxylic acids is 1. The van der Waals surface area contributed by atoms with Crippen LogP contribution in [0.5, 0.6) is 5.88 Å². The first kappa shape index (κ1) is 20.4. The van der Waals surface area contributed by atoms with Crippen molar-refractivity contribution in [3.05, 3.63) is 66.6 Å². The molecule has 0 bridgehead atoms. The summed E-state index contributed by atoms with van der Waals surface area (Å²) in [6, 6.07) is 12.8. The smallest absolute Gasteiger partial charge is 0.247 e. The lowest BCUT2D eigenvalue weighted by Gasteiger charge is -2.34. The van der Waals surface area contributed by atoms with E-state index in [-0.39, 0.29) is 5.91 Å². The van der Waals surface area contributed by atoms with Gasteiger partial charge in [-0.25, -0.2) is 9.98 Å². The first-order valence-electron chi connectivity index (χ1n) is 9.01. The van der Waals surface area contributed by atoms with Crippen molar-refractivity contribution in [2.24, 2.45) is 4.99 Å². The van der Waals surface area contributed by atoms with Crippen molar-refractivity contribution in [1.29, 1.82) is 5.26 Å². The third kappa shape index (κ3) is 4.94. The Morgan fingerprint density at radius 1 is 1.30 bits per heavy atom. The highest BCUT2D eigenvalue weighted by Crippen LogP contribution is 2.23. The van der Waals surface area contributed by atoms with Crippen LogP contribution in [0.2, 0.25) is 0 Å². The number of allylic oxidation sites excluding steroid dienone is 1. The number of anilines is 3. The maximum Gasteiger partial charge on any atom is 0.247 e. The van der Waals surface area contributed by atoms with Crippen molar-refractivity contribution in [2.45, 2.75) is 12.7 Å². The molecule has 1 aromatic heterocycles. The maximum atomic E-state index is 11.5. The standard InChI is InChI=1S/C21H21N7O2/c1-4-18(29)25-15-6-5-7-16(10-15)26-20-14(11-22)12-24-21(2,28-20)27-17-8-9-19(30-3)23-13-17/h4-10,12-13,26-28H,1H2,2-3H3,(H,25,29). The second-order valence-corrected chi connectivity index (χ2v) is 6.47. The van der Waals surface area contributed by atoms with Gasteiger partial charge in [-0.3, -0.25) is 4.79 Å². The summed E-state index contributed by atoms with van der Waals surface area (Å²) in [6.07, 6.45) is 4.32. The average molecular weight is 403 g/mol. The van der Waals surface area contributed by atoms with Crippen LogP contribution in [0.15, 0.2) is 71.6 Å². The summed E-state index contributed by atoms with van der Waals surface area (Å²) in [7, 11) is 1.55. The van der Waals surface area contributed by atoms with Crippen LogP contribution in [0.1, 0.15) is 6.92 Å². The molecule has 1 amide bonds. The zero-order valence-electron chi connectivity index (χ0n) is 16.6. The van der Waals surface area contributed by atoms with Gasteiger partial charge in [0.2, 0.25) is 17.6 Å². The molecule has 0 fully saturated rings. The third-order valence-corrected chi connectivity index (χ3v) is 4.13. The number of methoxy groups -OCH3 is 1. The molecule has 0 radical (unpaired) electrons. The van der Waals surface area contributed by atoms with Crippen LogP contribution < -0.4 is 26.0 Å². The Morgan fingerprint density at radius 3 is 2.77 bits per heavy atom. The molecule has 0 saturated carbocycles. The minimum atomic E-state index is -0.923. The average Bonchev–Trinajstić information content (AvgIpc) is 2.74. The number of nitrogens with zero attached hydrogens (tertiary/aromatic N) is 3. The predicted octanol–water partition coefficient (Wildman–Crippen LogP) is 2.82. The number of nitriles is 1. The molecule has 0 aliphatic carbocycles. The van der Waals surface area contributed by atoms with E-state index in [1.807, 2.05) is 19.1 Å². The lowest BCUT2D eigenvalue weighted by atomic mass is 10.2. The Kier molecular flexibility index (Phi) is 5.98. The molecule has 9 heteroatoms. The van der Waals surface area contributed by atoms with Crippen LogP contribution in [-0.2, 0) is 4.79 Å². The van der Waals surface area contributed by atoms with Crippen molar-refractivity contribution in [1.82, 2.24) is 10.3 Å². The lowest BCUT2D eigenvalue weighted by molar-refractivity contribution is -0.111. The SMILES string of the molecule is C=CC(=O)Nc1cccc(NC2=C(C#N)C=NC(C)(Nc3ccc(OC)nc3)N2)c1. The van der Waals surface area contributed by atoms with Gasteiger partial charge in [-0.05, 0) is 37.3 Å². The van der Waals surface area contributed by atoms with Crippen molar-refractivity contribution >= 4 is 29.2 Å². The molecular formula is C21H21N7O2. The first-order valence-corrected chi connectivity index (χ1v) is 9.01. The number of aromatic nitrogens is 1. The molecule has 1 aliphatic heterocycles. The molecule has 30 heavy (non-hydrogen) atoms. The normalized spacial score (nSPS) is 17.4. The number of hydrogen-bond donors (Lipinski definition) is 4. The monoisotopic (exact) mass is 403 g/mol. The van der Waals surface area contributed by atoms with Crippen LogP contribution in [0.3, 0.4) is 0 Å². The van der Waals surface area contributed by atoms with E-state index >= 15 is 0 Å². The number of carbonyl (C=O) groups is 1. The molecule has 3 rings (SSSR count). The molecule has 0 spiro atoms. The summed E-state index contributed by atoms with van der Waals surface area (Å²) in [5.74, 6) is -0.260. The summed E-state index contributed by atoms with van der Waals surface area (Å²) in [6.45, 7) is 5.26. The van der Waals surface area contributed by atoms with Gasteiger partial charge in [0.1, 0.15) is 17.5 Å². The van der Waals surface area contributed by atoms with E-state index < -0.39 is 5.79 Å². The number of aliphatic imine (C=N–C) groups is 1. The Bertz CT molecular complexity index is 1050. The predicted molar refractivity (Wildman–Crippen MR) is 116 cm³/mol. The summed E-state index contributed by atoms with van der Waals surface area (Å²) in [4.78, 5) is 20.1. The quantitative estimate of drug-likeness (QED) is 0.524. The van der Waals surface area contributed by atoms with Gasteiger partial charge in [0, 0.05) is 23.7 Å². The topological polar surface area (TPSA) is 123 Å². The summed E-state index contributed by atoms with van der Waals surface area (Å²) in [5.41, 5.74) is 2.33. The van der Waals surface area contributed by atoms with Gasteiger partial charge in [-0.1, -0.05) is 12.6 Å². The van der Waals surface area contributed by atoms with E-state index in [4.69, 9.17) is 4.74 Å². The van der Waals surface area contributed by atoms with Gasteiger partial charge < -0.3 is 26.0 Å². The minimum absolute atomic E-state index is 0.308. The Balaban J connectivity index is 1.78. The molecule has 2 aromatic rings. The summed E-state index contributed by atoms with van der Waals surface area (Å²) in [5, 5.41) is 21.8. The number of benzene rings is 1. The van der Waals surface area contributed by atoms with Crippen molar-refractivity contribution in [3.63, 3.8) is 0 Å². The van der Waals surface area contributed by atoms with E-state index in [2.05, 4.69) is 43.9 Å². The lowest BCUT2D eigenvalue weighted by Crippen LogP contribution is -2.50. The second-order valence-electron chi connectivity index (χ2n) is 6.47.